The first-order valence-corrected chi connectivity index (χ1v) is 5.00. The zero-order chi connectivity index (χ0) is 9.23. The van der Waals surface area contributed by atoms with Gasteiger partial charge in [-0.05, 0) is 20.3 Å². The maximum Gasteiger partial charge on any atom is 0.0780 e. The Bertz CT molecular complexity index is 83.9. The molecule has 0 aliphatic rings. The van der Waals surface area contributed by atoms with Gasteiger partial charge in [0.1, 0.15) is 0 Å². The van der Waals surface area contributed by atoms with Crippen LogP contribution in [0.15, 0.2) is 0 Å². The Morgan fingerprint density at radius 3 is 2.50 bits per heavy atom. The molecule has 0 rings (SSSR count). The van der Waals surface area contributed by atoms with Crippen LogP contribution in [0.1, 0.15) is 40.0 Å². The number of hydrogen-bond donors (Lipinski definition) is 0. The predicted molar refractivity (Wildman–Crippen MR) is 51.4 cm³/mol. The first kappa shape index (κ1) is 11.9. The highest BCUT2D eigenvalue weighted by Crippen LogP contribution is 1.98. The Hall–Kier alpha value is -0.0800. The lowest BCUT2D eigenvalue weighted by Gasteiger charge is -2.12. The van der Waals surface area contributed by atoms with Crippen LogP contribution < -0.4 is 0 Å². The Morgan fingerprint density at radius 1 is 1.17 bits per heavy atom. The lowest BCUT2D eigenvalue weighted by atomic mass is 10.3. The molecule has 12 heavy (non-hydrogen) atoms. The molecule has 0 N–H and O–H groups in total. The van der Waals surface area contributed by atoms with Crippen molar-refractivity contribution in [3.63, 3.8) is 0 Å². The van der Waals surface area contributed by atoms with Gasteiger partial charge >= 0.3 is 0 Å². The second-order valence-corrected chi connectivity index (χ2v) is 3.05. The highest BCUT2D eigenvalue weighted by molar-refractivity contribution is 4.47. The minimum Gasteiger partial charge on any atom is -0.379 e. The zero-order valence-corrected chi connectivity index (χ0v) is 8.64. The van der Waals surface area contributed by atoms with Gasteiger partial charge in [-0.15, -0.1) is 0 Å². The fraction of sp³-hybridized carbons (Fsp3) is 1.00. The van der Waals surface area contributed by atoms with E-state index >= 15 is 0 Å². The molecule has 2 heteroatoms. The molecule has 0 aromatic carbocycles. The van der Waals surface area contributed by atoms with Crippen molar-refractivity contribution in [3.05, 3.63) is 0 Å². The summed E-state index contributed by atoms with van der Waals surface area (Å²) in [5, 5.41) is 0. The lowest BCUT2D eigenvalue weighted by Crippen LogP contribution is -2.16. The van der Waals surface area contributed by atoms with Crippen molar-refractivity contribution in [2.75, 3.05) is 19.8 Å². The van der Waals surface area contributed by atoms with Crippen molar-refractivity contribution >= 4 is 0 Å². The topological polar surface area (TPSA) is 18.5 Å². The van der Waals surface area contributed by atoms with Gasteiger partial charge in [0.2, 0.25) is 0 Å². The highest BCUT2D eigenvalue weighted by Gasteiger charge is 2.00. The van der Waals surface area contributed by atoms with Crippen LogP contribution in [-0.4, -0.2) is 25.9 Å². The van der Waals surface area contributed by atoms with Gasteiger partial charge in [-0.1, -0.05) is 19.8 Å². The summed E-state index contributed by atoms with van der Waals surface area (Å²) in [6.07, 6.45) is 3.94. The Morgan fingerprint density at radius 2 is 1.92 bits per heavy atom. The summed E-state index contributed by atoms with van der Waals surface area (Å²) in [6.45, 7) is 8.64. The number of unbranched alkanes of at least 4 members (excludes halogenated alkanes) is 2. The molecule has 74 valence electrons. The average Bonchev–Trinajstić information content (AvgIpc) is 2.09. The molecule has 1 unspecified atom stereocenters. The van der Waals surface area contributed by atoms with E-state index in [0.717, 1.165) is 19.8 Å². The smallest absolute Gasteiger partial charge is 0.0780 e. The molecule has 0 aromatic heterocycles. The SMILES string of the molecule is CCCCCOC(C)COCC. The van der Waals surface area contributed by atoms with Crippen molar-refractivity contribution < 1.29 is 9.47 Å². The molecule has 0 radical (unpaired) electrons. The Kier molecular flexibility index (Phi) is 8.95. The molecule has 0 aliphatic carbocycles. The van der Waals surface area contributed by atoms with Gasteiger partial charge in [-0.2, -0.15) is 0 Å². The van der Waals surface area contributed by atoms with Gasteiger partial charge < -0.3 is 9.47 Å². The summed E-state index contributed by atoms with van der Waals surface area (Å²) in [4.78, 5) is 0. The number of ether oxygens (including phenoxy) is 2. The third-order valence-electron chi connectivity index (χ3n) is 1.71. The van der Waals surface area contributed by atoms with Crippen molar-refractivity contribution in [2.45, 2.75) is 46.1 Å². The first-order chi connectivity index (χ1) is 5.81. The van der Waals surface area contributed by atoms with Crippen LogP contribution in [0, 0.1) is 0 Å². The van der Waals surface area contributed by atoms with Crippen molar-refractivity contribution in [2.24, 2.45) is 0 Å². The molecule has 1 atom stereocenters. The quantitative estimate of drug-likeness (QED) is 0.527. The molecule has 0 aromatic rings. The molecular formula is C10H22O2. The fourth-order valence-electron chi connectivity index (χ4n) is 0.969. The van der Waals surface area contributed by atoms with Gasteiger partial charge in [0.15, 0.2) is 0 Å². The lowest BCUT2D eigenvalue weighted by molar-refractivity contribution is -0.00448. The van der Waals surface area contributed by atoms with E-state index < -0.39 is 0 Å². The van der Waals surface area contributed by atoms with E-state index in [1.165, 1.54) is 19.3 Å². The van der Waals surface area contributed by atoms with Crippen LogP contribution in [0.3, 0.4) is 0 Å². The van der Waals surface area contributed by atoms with E-state index in [1.54, 1.807) is 0 Å². The molecule has 0 heterocycles. The van der Waals surface area contributed by atoms with Crippen LogP contribution in [-0.2, 0) is 9.47 Å². The second-order valence-electron chi connectivity index (χ2n) is 3.05. The van der Waals surface area contributed by atoms with E-state index in [9.17, 15) is 0 Å². The Labute approximate surface area is 76.3 Å². The van der Waals surface area contributed by atoms with Gasteiger partial charge in [-0.3, -0.25) is 0 Å². The summed E-state index contributed by atoms with van der Waals surface area (Å²) in [5.74, 6) is 0. The van der Waals surface area contributed by atoms with Gasteiger partial charge in [0.05, 0.1) is 12.7 Å². The minimum absolute atomic E-state index is 0.252. The van der Waals surface area contributed by atoms with Crippen LogP contribution in [0.2, 0.25) is 0 Å². The molecule has 2 nitrogen and oxygen atoms in total. The molecule has 0 bridgehead atoms. The highest BCUT2D eigenvalue weighted by atomic mass is 16.5. The molecule has 0 aliphatic heterocycles. The standard InChI is InChI=1S/C10H22O2/c1-4-6-7-8-12-10(3)9-11-5-2/h10H,4-9H2,1-3H3. The maximum absolute atomic E-state index is 5.52. The molecule has 0 spiro atoms. The van der Waals surface area contributed by atoms with Crippen LogP contribution in [0.5, 0.6) is 0 Å². The minimum atomic E-state index is 0.252. The molecule has 0 saturated carbocycles. The summed E-state index contributed by atoms with van der Waals surface area (Å²) in [6, 6.07) is 0. The summed E-state index contributed by atoms with van der Waals surface area (Å²) >= 11 is 0. The second kappa shape index (κ2) is 9.01. The summed E-state index contributed by atoms with van der Waals surface area (Å²) in [7, 11) is 0. The van der Waals surface area contributed by atoms with Gasteiger partial charge in [-0.25, -0.2) is 0 Å². The molecule has 0 amide bonds. The van der Waals surface area contributed by atoms with E-state index in [4.69, 9.17) is 9.47 Å². The molecule has 0 saturated heterocycles. The average molecular weight is 174 g/mol. The van der Waals surface area contributed by atoms with E-state index in [0.29, 0.717) is 0 Å². The summed E-state index contributed by atoms with van der Waals surface area (Å²) < 4.78 is 10.7. The van der Waals surface area contributed by atoms with Crippen molar-refractivity contribution in [1.82, 2.24) is 0 Å². The van der Waals surface area contributed by atoms with E-state index in [1.807, 2.05) is 6.92 Å². The van der Waals surface area contributed by atoms with Crippen molar-refractivity contribution in [3.8, 4) is 0 Å². The summed E-state index contributed by atoms with van der Waals surface area (Å²) in [5.41, 5.74) is 0. The van der Waals surface area contributed by atoms with Crippen molar-refractivity contribution in [1.29, 1.82) is 0 Å². The largest absolute Gasteiger partial charge is 0.379 e. The predicted octanol–water partition coefficient (Wildman–Crippen LogP) is 2.62. The van der Waals surface area contributed by atoms with Gasteiger partial charge in [0.25, 0.3) is 0 Å². The number of rotatable bonds is 8. The van der Waals surface area contributed by atoms with Gasteiger partial charge in [0, 0.05) is 13.2 Å². The van der Waals surface area contributed by atoms with E-state index in [2.05, 4.69) is 13.8 Å². The van der Waals surface area contributed by atoms with Crippen LogP contribution in [0.25, 0.3) is 0 Å². The van der Waals surface area contributed by atoms with Crippen LogP contribution >= 0.6 is 0 Å². The van der Waals surface area contributed by atoms with E-state index in [-0.39, 0.29) is 6.10 Å². The normalized spacial score (nSPS) is 13.2. The third-order valence-corrected chi connectivity index (χ3v) is 1.71. The maximum atomic E-state index is 5.52. The number of hydrogen-bond acceptors (Lipinski definition) is 2. The third kappa shape index (κ3) is 8.02. The molecular weight excluding hydrogens is 152 g/mol. The molecule has 0 fully saturated rings. The zero-order valence-electron chi connectivity index (χ0n) is 8.64. The first-order valence-electron chi connectivity index (χ1n) is 5.00. The Balaban J connectivity index is 3.02. The van der Waals surface area contributed by atoms with Crippen LogP contribution in [0.4, 0.5) is 0 Å². The fourth-order valence-corrected chi connectivity index (χ4v) is 0.969. The monoisotopic (exact) mass is 174 g/mol.